The minimum absolute atomic E-state index is 0.116. The van der Waals surface area contributed by atoms with Crippen molar-refractivity contribution in [2.45, 2.75) is 13.8 Å². The maximum absolute atomic E-state index is 11.8. The molecule has 0 unspecified atom stereocenters. The molecule has 0 fully saturated rings. The summed E-state index contributed by atoms with van der Waals surface area (Å²) < 4.78 is 6.54. The molecule has 1 aromatic heterocycles. The third-order valence-corrected chi connectivity index (χ3v) is 3.30. The molecule has 1 heterocycles. The number of aryl methyl sites for hydroxylation is 2. The van der Waals surface area contributed by atoms with Crippen LogP contribution in [-0.2, 0) is 4.79 Å². The SMILES string of the molecule is Cc1cc(Br)cc(C)c1OCC(=O)Nc1ncc(Cl)cn1. The van der Waals surface area contributed by atoms with E-state index in [1.165, 1.54) is 12.4 Å². The minimum atomic E-state index is -0.334. The summed E-state index contributed by atoms with van der Waals surface area (Å²) >= 11 is 9.09. The summed E-state index contributed by atoms with van der Waals surface area (Å²) in [4.78, 5) is 19.6. The summed E-state index contributed by atoms with van der Waals surface area (Å²) in [5.74, 6) is 0.557. The molecule has 0 bridgehead atoms. The zero-order chi connectivity index (χ0) is 15.4. The molecule has 0 spiro atoms. The van der Waals surface area contributed by atoms with Gasteiger partial charge in [-0.15, -0.1) is 0 Å². The van der Waals surface area contributed by atoms with Crippen LogP contribution < -0.4 is 10.1 Å². The van der Waals surface area contributed by atoms with Crippen LogP contribution in [0.4, 0.5) is 5.95 Å². The van der Waals surface area contributed by atoms with Crippen molar-refractivity contribution in [3.05, 3.63) is 45.1 Å². The number of carbonyl (C=O) groups excluding carboxylic acids is 1. The van der Waals surface area contributed by atoms with Crippen LogP contribution >= 0.6 is 27.5 Å². The molecule has 5 nitrogen and oxygen atoms in total. The maximum Gasteiger partial charge on any atom is 0.264 e. The Kier molecular flexibility index (Phi) is 5.14. The largest absolute Gasteiger partial charge is 0.483 e. The molecule has 7 heteroatoms. The Morgan fingerprint density at radius 3 is 2.43 bits per heavy atom. The first kappa shape index (κ1) is 15.7. The Bertz CT molecular complexity index is 639. The van der Waals surface area contributed by atoms with Crippen molar-refractivity contribution in [2.24, 2.45) is 0 Å². The highest BCUT2D eigenvalue weighted by Gasteiger charge is 2.09. The number of carbonyl (C=O) groups is 1. The number of anilines is 1. The fraction of sp³-hybridized carbons (Fsp3) is 0.214. The standard InChI is InChI=1S/C14H13BrClN3O2/c1-8-3-10(15)4-9(2)13(8)21-7-12(20)19-14-17-5-11(16)6-18-14/h3-6H,7H2,1-2H3,(H,17,18,19,20). The van der Waals surface area contributed by atoms with Crippen LogP contribution in [0.25, 0.3) is 0 Å². The highest BCUT2D eigenvalue weighted by atomic mass is 79.9. The lowest BCUT2D eigenvalue weighted by Crippen LogP contribution is -2.21. The van der Waals surface area contributed by atoms with Gasteiger partial charge in [0.05, 0.1) is 17.4 Å². The van der Waals surface area contributed by atoms with Crippen LogP contribution in [-0.4, -0.2) is 22.5 Å². The Morgan fingerprint density at radius 2 is 1.86 bits per heavy atom. The van der Waals surface area contributed by atoms with Gasteiger partial charge in [0, 0.05) is 4.47 Å². The average Bonchev–Trinajstić information content (AvgIpc) is 2.40. The van der Waals surface area contributed by atoms with Gasteiger partial charge in [0.25, 0.3) is 5.91 Å². The predicted octanol–water partition coefficient (Wildman–Crippen LogP) is 3.53. The molecular formula is C14H13BrClN3O2. The summed E-state index contributed by atoms with van der Waals surface area (Å²) in [6, 6.07) is 3.87. The second-order valence-electron chi connectivity index (χ2n) is 4.43. The smallest absolute Gasteiger partial charge is 0.264 e. The topological polar surface area (TPSA) is 64.1 Å². The Labute approximate surface area is 135 Å². The molecule has 0 aliphatic carbocycles. The zero-order valence-corrected chi connectivity index (χ0v) is 13.8. The Hall–Kier alpha value is -1.66. The van der Waals surface area contributed by atoms with Crippen LogP contribution in [0, 0.1) is 13.8 Å². The van der Waals surface area contributed by atoms with Crippen LogP contribution in [0.3, 0.4) is 0 Å². The van der Waals surface area contributed by atoms with Crippen molar-refractivity contribution in [1.82, 2.24) is 9.97 Å². The summed E-state index contributed by atoms with van der Waals surface area (Å²) in [5, 5.41) is 2.94. The van der Waals surface area contributed by atoms with E-state index in [9.17, 15) is 4.79 Å². The van der Waals surface area contributed by atoms with E-state index in [0.717, 1.165) is 15.6 Å². The fourth-order valence-corrected chi connectivity index (χ4v) is 2.58. The van der Waals surface area contributed by atoms with Crippen LogP contribution in [0.15, 0.2) is 29.0 Å². The van der Waals surface area contributed by atoms with Gasteiger partial charge in [0.2, 0.25) is 5.95 Å². The molecule has 2 aromatic rings. The van der Waals surface area contributed by atoms with Gasteiger partial charge >= 0.3 is 0 Å². The summed E-state index contributed by atoms with van der Waals surface area (Å²) in [5.41, 5.74) is 1.91. The molecule has 0 aliphatic heterocycles. The highest BCUT2D eigenvalue weighted by Crippen LogP contribution is 2.27. The summed E-state index contributed by atoms with van der Waals surface area (Å²) in [6.45, 7) is 3.73. The summed E-state index contributed by atoms with van der Waals surface area (Å²) in [6.07, 6.45) is 2.82. The monoisotopic (exact) mass is 369 g/mol. The lowest BCUT2D eigenvalue weighted by Gasteiger charge is -2.12. The van der Waals surface area contributed by atoms with Crippen LogP contribution in [0.5, 0.6) is 5.75 Å². The molecule has 0 radical (unpaired) electrons. The van der Waals surface area contributed by atoms with E-state index in [-0.39, 0.29) is 18.5 Å². The van der Waals surface area contributed by atoms with Crippen molar-refractivity contribution in [2.75, 3.05) is 11.9 Å². The molecule has 1 aromatic carbocycles. The van der Waals surface area contributed by atoms with Crippen LogP contribution in [0.1, 0.15) is 11.1 Å². The average molecular weight is 371 g/mol. The zero-order valence-electron chi connectivity index (χ0n) is 11.5. The van der Waals surface area contributed by atoms with E-state index in [1.807, 2.05) is 26.0 Å². The second kappa shape index (κ2) is 6.87. The van der Waals surface area contributed by atoms with Crippen molar-refractivity contribution in [3.8, 4) is 5.75 Å². The van der Waals surface area contributed by atoms with Gasteiger partial charge in [-0.25, -0.2) is 9.97 Å². The summed E-state index contributed by atoms with van der Waals surface area (Å²) in [7, 11) is 0. The van der Waals surface area contributed by atoms with E-state index >= 15 is 0 Å². The number of rotatable bonds is 4. The van der Waals surface area contributed by atoms with E-state index in [4.69, 9.17) is 16.3 Å². The molecule has 1 amide bonds. The number of benzene rings is 1. The number of aromatic nitrogens is 2. The number of nitrogens with one attached hydrogen (secondary N) is 1. The molecule has 2 rings (SSSR count). The van der Waals surface area contributed by atoms with Gasteiger partial charge in [-0.1, -0.05) is 27.5 Å². The van der Waals surface area contributed by atoms with Gasteiger partial charge < -0.3 is 4.74 Å². The molecule has 1 N–H and O–H groups in total. The molecule has 0 saturated carbocycles. The normalized spacial score (nSPS) is 10.3. The molecular weight excluding hydrogens is 358 g/mol. The van der Waals surface area contributed by atoms with Gasteiger partial charge in [0.1, 0.15) is 5.75 Å². The van der Waals surface area contributed by atoms with Crippen molar-refractivity contribution in [3.63, 3.8) is 0 Å². The van der Waals surface area contributed by atoms with Crippen LogP contribution in [0.2, 0.25) is 5.02 Å². The first-order valence-electron chi connectivity index (χ1n) is 6.12. The minimum Gasteiger partial charge on any atom is -0.483 e. The number of amides is 1. The molecule has 0 saturated heterocycles. The third-order valence-electron chi connectivity index (χ3n) is 2.64. The lowest BCUT2D eigenvalue weighted by atomic mass is 10.1. The number of ether oxygens (including phenoxy) is 1. The van der Waals surface area contributed by atoms with Gasteiger partial charge in [-0.3, -0.25) is 10.1 Å². The molecule has 0 aliphatic rings. The van der Waals surface area contributed by atoms with E-state index in [2.05, 4.69) is 31.2 Å². The van der Waals surface area contributed by atoms with Crippen molar-refractivity contribution < 1.29 is 9.53 Å². The first-order chi connectivity index (χ1) is 9.95. The van der Waals surface area contributed by atoms with Crippen molar-refractivity contribution in [1.29, 1.82) is 0 Å². The number of halogens is 2. The Morgan fingerprint density at radius 1 is 1.29 bits per heavy atom. The van der Waals surface area contributed by atoms with E-state index in [1.54, 1.807) is 0 Å². The molecule has 21 heavy (non-hydrogen) atoms. The van der Waals surface area contributed by atoms with Gasteiger partial charge in [-0.2, -0.15) is 0 Å². The molecule has 110 valence electrons. The second-order valence-corrected chi connectivity index (χ2v) is 5.78. The fourth-order valence-electron chi connectivity index (χ4n) is 1.80. The van der Waals surface area contributed by atoms with Gasteiger partial charge in [-0.05, 0) is 37.1 Å². The van der Waals surface area contributed by atoms with E-state index < -0.39 is 0 Å². The third kappa shape index (κ3) is 4.41. The highest BCUT2D eigenvalue weighted by molar-refractivity contribution is 9.10. The quantitative estimate of drug-likeness (QED) is 0.894. The lowest BCUT2D eigenvalue weighted by molar-refractivity contribution is -0.118. The number of hydrogen-bond donors (Lipinski definition) is 1. The van der Waals surface area contributed by atoms with E-state index in [0.29, 0.717) is 10.8 Å². The maximum atomic E-state index is 11.8. The number of hydrogen-bond acceptors (Lipinski definition) is 4. The first-order valence-corrected chi connectivity index (χ1v) is 7.30. The molecule has 0 atom stereocenters. The Balaban J connectivity index is 1.97. The number of nitrogens with zero attached hydrogens (tertiary/aromatic N) is 2. The predicted molar refractivity (Wildman–Crippen MR) is 84.8 cm³/mol. The van der Waals surface area contributed by atoms with Gasteiger partial charge in [0.15, 0.2) is 6.61 Å². The van der Waals surface area contributed by atoms with Crippen molar-refractivity contribution >= 4 is 39.4 Å².